The van der Waals surface area contributed by atoms with E-state index in [1.54, 1.807) is 34.8 Å². The number of rotatable bonds is 9. The number of aryl methyl sites for hydroxylation is 1. The molecule has 0 atom stereocenters. The van der Waals surface area contributed by atoms with Gasteiger partial charge in [-0.3, -0.25) is 4.79 Å². The van der Waals surface area contributed by atoms with Crippen LogP contribution in [0.2, 0.25) is 0 Å². The van der Waals surface area contributed by atoms with Crippen LogP contribution in [0.5, 0.6) is 0 Å². The summed E-state index contributed by atoms with van der Waals surface area (Å²) in [6.07, 6.45) is 1.53. The van der Waals surface area contributed by atoms with Crippen molar-refractivity contribution in [1.82, 2.24) is 9.88 Å². The number of nitrogens with one attached hydrogen (secondary N) is 1. The minimum atomic E-state index is -0.397. The fourth-order valence-electron chi connectivity index (χ4n) is 3.06. The van der Waals surface area contributed by atoms with Crippen molar-refractivity contribution < 1.29 is 19.1 Å². The lowest BCUT2D eigenvalue weighted by molar-refractivity contribution is 0.0376. The van der Waals surface area contributed by atoms with E-state index in [1.165, 1.54) is 0 Å². The lowest BCUT2D eigenvalue weighted by Crippen LogP contribution is -2.42. The Morgan fingerprint density at radius 2 is 1.76 bits per heavy atom. The Kier molecular flexibility index (Phi) is 8.16. The van der Waals surface area contributed by atoms with Gasteiger partial charge in [-0.15, -0.1) is 0 Å². The first-order valence-electron chi connectivity index (χ1n) is 8.98. The summed E-state index contributed by atoms with van der Waals surface area (Å²) in [5, 5.41) is 0. The molecule has 1 N–H and O–H groups in total. The zero-order chi connectivity index (χ0) is 19.1. The summed E-state index contributed by atoms with van der Waals surface area (Å²) in [5.74, 6) is -0.499. The summed E-state index contributed by atoms with van der Waals surface area (Å²) in [7, 11) is 1.62. The fourth-order valence-corrected chi connectivity index (χ4v) is 3.06. The maximum atomic E-state index is 13.1. The maximum Gasteiger partial charge on any atom is 0.340 e. The third kappa shape index (κ3) is 5.08. The van der Waals surface area contributed by atoms with E-state index in [-0.39, 0.29) is 18.1 Å². The highest BCUT2D eigenvalue weighted by Crippen LogP contribution is 2.22. The number of methoxy groups -OCH3 is 1. The van der Waals surface area contributed by atoms with E-state index in [4.69, 9.17) is 9.47 Å². The molecule has 0 aliphatic heterocycles. The average Bonchev–Trinajstić information content (AvgIpc) is 2.84. The van der Waals surface area contributed by atoms with Crippen LogP contribution in [0.3, 0.4) is 0 Å². The molecule has 0 saturated heterocycles. The highest BCUT2D eigenvalue weighted by atomic mass is 16.5. The molecule has 0 radical (unpaired) electrons. The Morgan fingerprint density at radius 3 is 2.24 bits per heavy atom. The van der Waals surface area contributed by atoms with Gasteiger partial charge in [0.25, 0.3) is 5.91 Å². The van der Waals surface area contributed by atoms with Crippen molar-refractivity contribution in [3.8, 4) is 0 Å². The minimum Gasteiger partial charge on any atom is -0.459 e. The molecule has 1 aromatic rings. The van der Waals surface area contributed by atoms with Gasteiger partial charge >= 0.3 is 5.97 Å². The lowest BCUT2D eigenvalue weighted by atomic mass is 10.1. The van der Waals surface area contributed by atoms with Gasteiger partial charge in [0.2, 0.25) is 0 Å². The maximum absolute atomic E-state index is 13.1. The van der Waals surface area contributed by atoms with Crippen LogP contribution >= 0.6 is 0 Å². The topological polar surface area (TPSA) is 71.6 Å². The molecule has 1 aromatic heterocycles. The molecule has 0 saturated carbocycles. The van der Waals surface area contributed by atoms with Crippen molar-refractivity contribution in [2.24, 2.45) is 0 Å². The van der Waals surface area contributed by atoms with Gasteiger partial charge in [0.15, 0.2) is 0 Å². The summed E-state index contributed by atoms with van der Waals surface area (Å²) in [4.78, 5) is 30.4. The lowest BCUT2D eigenvalue weighted by Gasteiger charge is -2.30. The van der Waals surface area contributed by atoms with Gasteiger partial charge in [-0.25, -0.2) is 4.79 Å². The van der Waals surface area contributed by atoms with Crippen LogP contribution in [0.4, 0.5) is 0 Å². The van der Waals surface area contributed by atoms with Crippen molar-refractivity contribution in [3.63, 3.8) is 0 Å². The molecular formula is C19H32N2O4. The first kappa shape index (κ1) is 21.2. The Morgan fingerprint density at radius 1 is 1.16 bits per heavy atom. The Labute approximate surface area is 150 Å². The summed E-state index contributed by atoms with van der Waals surface area (Å²) < 4.78 is 10.5. The molecule has 6 heteroatoms. The van der Waals surface area contributed by atoms with E-state index in [0.717, 1.165) is 12.8 Å². The number of carbonyl (C=O) groups excluding carboxylic acids is 2. The van der Waals surface area contributed by atoms with Crippen molar-refractivity contribution in [2.45, 2.75) is 66.5 Å². The second kappa shape index (κ2) is 9.61. The standard InChI is InChI=1S/C19H32N2O4/c1-8-15(9-2)21(10-11-24-7)18(22)17-13(5)16(14(6)20-17)19(23)25-12(3)4/h12,15,20H,8-11H2,1-7H3. The van der Waals surface area contributed by atoms with Gasteiger partial charge in [0, 0.05) is 25.4 Å². The Hall–Kier alpha value is -1.82. The van der Waals surface area contributed by atoms with Gasteiger partial charge < -0.3 is 19.4 Å². The van der Waals surface area contributed by atoms with E-state index in [1.807, 2.05) is 4.90 Å². The number of amides is 1. The van der Waals surface area contributed by atoms with E-state index >= 15 is 0 Å². The Balaban J connectivity index is 3.20. The molecule has 0 aromatic carbocycles. The zero-order valence-corrected chi connectivity index (χ0v) is 16.6. The summed E-state index contributed by atoms with van der Waals surface area (Å²) >= 11 is 0. The predicted octanol–water partition coefficient (Wildman–Crippen LogP) is 3.47. The van der Waals surface area contributed by atoms with Crippen LogP contribution in [-0.2, 0) is 9.47 Å². The molecule has 0 aliphatic rings. The number of hydrogen-bond acceptors (Lipinski definition) is 4. The van der Waals surface area contributed by atoms with Crippen LogP contribution in [0.25, 0.3) is 0 Å². The molecule has 25 heavy (non-hydrogen) atoms. The van der Waals surface area contributed by atoms with E-state index in [2.05, 4.69) is 18.8 Å². The third-order valence-electron chi connectivity index (χ3n) is 4.38. The van der Waals surface area contributed by atoms with Crippen molar-refractivity contribution in [3.05, 3.63) is 22.5 Å². The van der Waals surface area contributed by atoms with Gasteiger partial charge in [-0.05, 0) is 46.1 Å². The minimum absolute atomic E-state index is 0.102. The first-order chi connectivity index (χ1) is 11.8. The molecule has 0 fully saturated rings. The van der Waals surface area contributed by atoms with Crippen LogP contribution in [0, 0.1) is 13.8 Å². The number of nitrogens with zero attached hydrogens (tertiary/aromatic N) is 1. The zero-order valence-electron chi connectivity index (χ0n) is 16.6. The Bertz CT molecular complexity index is 588. The first-order valence-corrected chi connectivity index (χ1v) is 8.98. The van der Waals surface area contributed by atoms with Crippen molar-refractivity contribution in [2.75, 3.05) is 20.3 Å². The molecule has 1 amide bonds. The molecule has 0 spiro atoms. The highest BCUT2D eigenvalue weighted by Gasteiger charge is 2.28. The molecule has 1 rings (SSSR count). The molecule has 1 heterocycles. The molecule has 0 unspecified atom stereocenters. The van der Waals surface area contributed by atoms with Crippen molar-refractivity contribution in [1.29, 1.82) is 0 Å². The molecule has 0 bridgehead atoms. The number of H-pyrrole nitrogens is 1. The summed E-state index contributed by atoms with van der Waals surface area (Å²) in [6, 6.07) is 0.136. The summed E-state index contributed by atoms with van der Waals surface area (Å²) in [6.45, 7) is 12.3. The number of aromatic amines is 1. The largest absolute Gasteiger partial charge is 0.459 e. The van der Waals surface area contributed by atoms with Gasteiger partial charge in [0.05, 0.1) is 18.3 Å². The quantitative estimate of drug-likeness (QED) is 0.691. The van der Waals surface area contributed by atoms with Crippen molar-refractivity contribution >= 4 is 11.9 Å². The average molecular weight is 352 g/mol. The van der Waals surface area contributed by atoms with Gasteiger partial charge in [-0.2, -0.15) is 0 Å². The second-order valence-electron chi connectivity index (χ2n) is 6.54. The van der Waals surface area contributed by atoms with Crippen LogP contribution in [0.1, 0.15) is 72.6 Å². The number of aromatic nitrogens is 1. The number of ether oxygens (including phenoxy) is 2. The predicted molar refractivity (Wildman–Crippen MR) is 98.1 cm³/mol. The number of carbonyl (C=O) groups is 2. The van der Waals surface area contributed by atoms with E-state index in [0.29, 0.717) is 35.7 Å². The monoisotopic (exact) mass is 352 g/mol. The van der Waals surface area contributed by atoms with Crippen LogP contribution < -0.4 is 0 Å². The number of esters is 1. The van der Waals surface area contributed by atoms with Crippen LogP contribution in [-0.4, -0.2) is 54.2 Å². The fraction of sp³-hybridized carbons (Fsp3) is 0.684. The SMILES string of the molecule is CCC(CC)N(CCOC)C(=O)c1[nH]c(C)c(C(=O)OC(C)C)c1C. The molecule has 142 valence electrons. The third-order valence-corrected chi connectivity index (χ3v) is 4.38. The second-order valence-corrected chi connectivity index (χ2v) is 6.54. The van der Waals surface area contributed by atoms with Gasteiger partial charge in [-0.1, -0.05) is 13.8 Å². The molecule has 6 nitrogen and oxygen atoms in total. The van der Waals surface area contributed by atoms with E-state index in [9.17, 15) is 9.59 Å². The molecular weight excluding hydrogens is 320 g/mol. The van der Waals surface area contributed by atoms with E-state index < -0.39 is 5.97 Å². The highest BCUT2D eigenvalue weighted by molar-refractivity contribution is 6.00. The summed E-state index contributed by atoms with van der Waals surface area (Å²) in [5.41, 5.74) is 2.20. The molecule has 0 aliphatic carbocycles. The van der Waals surface area contributed by atoms with Crippen LogP contribution in [0.15, 0.2) is 0 Å². The van der Waals surface area contributed by atoms with Gasteiger partial charge in [0.1, 0.15) is 5.69 Å². The smallest absolute Gasteiger partial charge is 0.340 e. The normalized spacial score (nSPS) is 11.2. The number of hydrogen-bond donors (Lipinski definition) is 1.